The van der Waals surface area contributed by atoms with E-state index in [1.54, 1.807) is 6.92 Å². The zero-order valence-electron chi connectivity index (χ0n) is 16.6. The second-order valence-electron chi connectivity index (χ2n) is 7.23. The fraction of sp³-hybridized carbons (Fsp3) is 0.632. The highest BCUT2D eigenvalue weighted by atomic mass is 127. The summed E-state index contributed by atoms with van der Waals surface area (Å²) in [7, 11) is -3.29. The van der Waals surface area contributed by atoms with E-state index in [-0.39, 0.29) is 42.8 Å². The molecule has 0 aliphatic heterocycles. The van der Waals surface area contributed by atoms with Crippen molar-refractivity contribution < 1.29 is 13.5 Å². The molecule has 1 atom stereocenters. The number of guanidine groups is 1. The Morgan fingerprint density at radius 1 is 1.25 bits per heavy atom. The molecular weight excluding hydrogens is 491 g/mol. The summed E-state index contributed by atoms with van der Waals surface area (Å²) in [4.78, 5) is 4.41. The lowest BCUT2D eigenvalue weighted by Crippen LogP contribution is -2.42. The van der Waals surface area contributed by atoms with Crippen molar-refractivity contribution in [1.29, 1.82) is 0 Å². The number of hydrogen-bond acceptors (Lipinski definition) is 4. The van der Waals surface area contributed by atoms with E-state index in [0.717, 1.165) is 18.4 Å². The lowest BCUT2D eigenvalue weighted by Gasteiger charge is -2.25. The van der Waals surface area contributed by atoms with Gasteiger partial charge in [0, 0.05) is 19.6 Å². The lowest BCUT2D eigenvalue weighted by molar-refractivity contribution is 0.0672. The fourth-order valence-electron chi connectivity index (χ4n) is 2.78. The molecule has 1 unspecified atom stereocenters. The van der Waals surface area contributed by atoms with E-state index in [1.807, 2.05) is 37.3 Å². The van der Waals surface area contributed by atoms with Crippen molar-refractivity contribution in [3.8, 4) is 0 Å². The fourth-order valence-corrected chi connectivity index (χ4v) is 3.79. The molecule has 0 aromatic heterocycles. The van der Waals surface area contributed by atoms with E-state index in [2.05, 4.69) is 20.3 Å². The van der Waals surface area contributed by atoms with E-state index in [1.165, 1.54) is 6.42 Å². The quantitative estimate of drug-likeness (QED) is 0.212. The third-order valence-corrected chi connectivity index (χ3v) is 6.11. The maximum Gasteiger partial charge on any atom is 0.213 e. The second kappa shape index (κ2) is 11.9. The molecule has 7 nitrogen and oxygen atoms in total. The summed E-state index contributed by atoms with van der Waals surface area (Å²) in [5.74, 6) is 0.967. The Hall–Kier alpha value is -0.910. The molecule has 1 aliphatic carbocycles. The molecule has 0 spiro atoms. The second-order valence-corrected chi connectivity index (χ2v) is 9.15. The number of benzene rings is 1. The minimum atomic E-state index is -3.29. The van der Waals surface area contributed by atoms with Gasteiger partial charge in [0.2, 0.25) is 10.0 Å². The monoisotopic (exact) mass is 524 g/mol. The minimum absolute atomic E-state index is 0. The molecule has 1 aliphatic rings. The summed E-state index contributed by atoms with van der Waals surface area (Å²) in [5.41, 5.74) is -0.313. The van der Waals surface area contributed by atoms with Crippen molar-refractivity contribution >= 4 is 40.0 Å². The number of nitrogens with zero attached hydrogens (tertiary/aromatic N) is 1. The number of rotatable bonds is 10. The van der Waals surface area contributed by atoms with Crippen LogP contribution >= 0.6 is 24.0 Å². The standard InChI is InChI=1S/C19H32N4O3S.HI/c1-3-20-18(22-15-19(2,24)17-10-5-4-6-11-17)21-12-13-27(25,26)23-14-16-8-7-9-16;/h4-6,10-11,16,23-24H,3,7-9,12-15H2,1-2H3,(H2,20,21,22);1H. The Balaban J connectivity index is 0.00000392. The Morgan fingerprint density at radius 3 is 2.50 bits per heavy atom. The molecular formula is C19H33IN4O3S. The summed E-state index contributed by atoms with van der Waals surface area (Å²) in [5, 5.41) is 16.7. The number of nitrogens with one attached hydrogen (secondary N) is 3. The Kier molecular flexibility index (Phi) is 10.7. The first-order valence-electron chi connectivity index (χ1n) is 9.60. The van der Waals surface area contributed by atoms with Gasteiger partial charge >= 0.3 is 0 Å². The Morgan fingerprint density at radius 2 is 1.93 bits per heavy atom. The lowest BCUT2D eigenvalue weighted by atomic mass is 9.86. The number of hydrogen-bond donors (Lipinski definition) is 4. The number of aliphatic hydroxyl groups is 1. The zero-order valence-corrected chi connectivity index (χ0v) is 19.8. The maximum absolute atomic E-state index is 12.1. The van der Waals surface area contributed by atoms with Crippen LogP contribution in [0, 0.1) is 5.92 Å². The normalized spacial score (nSPS) is 17.2. The molecule has 1 fully saturated rings. The Bertz CT molecular complexity index is 707. The predicted molar refractivity (Wildman–Crippen MR) is 125 cm³/mol. The summed E-state index contributed by atoms with van der Waals surface area (Å²) >= 11 is 0. The van der Waals surface area contributed by atoms with Gasteiger partial charge in [-0.25, -0.2) is 18.1 Å². The van der Waals surface area contributed by atoms with Gasteiger partial charge in [0.15, 0.2) is 5.96 Å². The van der Waals surface area contributed by atoms with E-state index in [4.69, 9.17) is 0 Å². The molecule has 0 saturated heterocycles. The minimum Gasteiger partial charge on any atom is -0.384 e. The van der Waals surface area contributed by atoms with Crippen LogP contribution in [0.25, 0.3) is 0 Å². The van der Waals surface area contributed by atoms with Crippen LogP contribution in [-0.4, -0.2) is 51.4 Å². The van der Waals surface area contributed by atoms with Crippen molar-refractivity contribution in [2.24, 2.45) is 10.9 Å². The van der Waals surface area contributed by atoms with Crippen LogP contribution in [0.5, 0.6) is 0 Å². The molecule has 1 saturated carbocycles. The topological polar surface area (TPSA) is 103 Å². The highest BCUT2D eigenvalue weighted by Crippen LogP contribution is 2.25. The summed E-state index contributed by atoms with van der Waals surface area (Å²) in [6, 6.07) is 9.36. The molecule has 1 aromatic carbocycles. The number of halogens is 1. The highest BCUT2D eigenvalue weighted by Gasteiger charge is 2.23. The van der Waals surface area contributed by atoms with Gasteiger partial charge in [-0.15, -0.1) is 24.0 Å². The first-order chi connectivity index (χ1) is 12.8. The predicted octanol–water partition coefficient (Wildman–Crippen LogP) is 1.79. The van der Waals surface area contributed by atoms with Crippen LogP contribution in [0.2, 0.25) is 0 Å². The van der Waals surface area contributed by atoms with Crippen LogP contribution in [-0.2, 0) is 15.6 Å². The molecule has 28 heavy (non-hydrogen) atoms. The molecule has 2 rings (SSSR count). The van der Waals surface area contributed by atoms with E-state index >= 15 is 0 Å². The van der Waals surface area contributed by atoms with Gasteiger partial charge in [0.25, 0.3) is 0 Å². The third kappa shape index (κ3) is 8.62. The third-order valence-electron chi connectivity index (χ3n) is 4.76. The van der Waals surface area contributed by atoms with Crippen LogP contribution in [0.1, 0.15) is 38.7 Å². The molecule has 9 heteroatoms. The number of sulfonamides is 1. The van der Waals surface area contributed by atoms with Crippen molar-refractivity contribution in [3.05, 3.63) is 35.9 Å². The van der Waals surface area contributed by atoms with Gasteiger partial charge < -0.3 is 15.7 Å². The van der Waals surface area contributed by atoms with Gasteiger partial charge in [0.05, 0.1) is 12.3 Å². The first-order valence-corrected chi connectivity index (χ1v) is 11.2. The van der Waals surface area contributed by atoms with Crippen LogP contribution in [0.4, 0.5) is 0 Å². The molecule has 0 bridgehead atoms. The molecule has 4 N–H and O–H groups in total. The summed E-state index contributed by atoms with van der Waals surface area (Å²) < 4.78 is 26.8. The molecule has 160 valence electrons. The van der Waals surface area contributed by atoms with E-state index in [9.17, 15) is 13.5 Å². The SMILES string of the molecule is CCNC(=NCC(C)(O)c1ccccc1)NCCS(=O)(=O)NCC1CCC1.I. The van der Waals surface area contributed by atoms with Gasteiger partial charge in [0.1, 0.15) is 5.60 Å². The summed E-state index contributed by atoms with van der Waals surface area (Å²) in [6.45, 7) is 5.24. The van der Waals surface area contributed by atoms with Crippen molar-refractivity contribution in [1.82, 2.24) is 15.4 Å². The van der Waals surface area contributed by atoms with Gasteiger partial charge in [-0.05, 0) is 38.2 Å². The molecule has 1 aromatic rings. The molecule has 0 amide bonds. The van der Waals surface area contributed by atoms with Crippen molar-refractivity contribution in [2.45, 2.75) is 38.7 Å². The maximum atomic E-state index is 12.1. The van der Waals surface area contributed by atoms with Gasteiger partial charge in [-0.3, -0.25) is 0 Å². The summed E-state index contributed by atoms with van der Waals surface area (Å²) in [6.07, 6.45) is 3.42. The Labute approximate surface area is 185 Å². The van der Waals surface area contributed by atoms with Gasteiger partial charge in [-0.1, -0.05) is 36.8 Å². The highest BCUT2D eigenvalue weighted by molar-refractivity contribution is 14.0. The average Bonchev–Trinajstić information content (AvgIpc) is 2.59. The number of aliphatic imine (C=N–C) groups is 1. The zero-order chi connectivity index (χ0) is 19.8. The largest absolute Gasteiger partial charge is 0.384 e. The first kappa shape index (κ1) is 25.1. The average molecular weight is 524 g/mol. The van der Waals surface area contributed by atoms with E-state index in [0.29, 0.717) is 25.0 Å². The van der Waals surface area contributed by atoms with Gasteiger partial charge in [-0.2, -0.15) is 0 Å². The molecule has 0 heterocycles. The van der Waals surface area contributed by atoms with Crippen LogP contribution in [0.3, 0.4) is 0 Å². The molecule has 0 radical (unpaired) electrons. The van der Waals surface area contributed by atoms with Crippen LogP contribution in [0.15, 0.2) is 35.3 Å². The van der Waals surface area contributed by atoms with E-state index < -0.39 is 15.6 Å². The smallest absolute Gasteiger partial charge is 0.213 e. The van der Waals surface area contributed by atoms with Crippen LogP contribution < -0.4 is 15.4 Å². The van der Waals surface area contributed by atoms with Crippen molar-refractivity contribution in [2.75, 3.05) is 31.9 Å². The van der Waals surface area contributed by atoms with Crippen molar-refractivity contribution in [3.63, 3.8) is 0 Å².